The quantitative estimate of drug-likeness (QED) is 0.327. The van der Waals surface area contributed by atoms with E-state index in [0.29, 0.717) is 6.29 Å². The van der Waals surface area contributed by atoms with Gasteiger partial charge in [-0.2, -0.15) is 0 Å². The zero-order valence-electron chi connectivity index (χ0n) is 9.68. The van der Waals surface area contributed by atoms with Crippen LogP contribution in [-0.2, 0) is 21.2 Å². The van der Waals surface area contributed by atoms with Crippen molar-refractivity contribution in [1.82, 2.24) is 0 Å². The smallest absolute Gasteiger partial charge is 0.176 e. The van der Waals surface area contributed by atoms with E-state index in [1.807, 2.05) is 18.2 Å². The predicted molar refractivity (Wildman–Crippen MR) is 61.3 cm³/mol. The molecule has 1 rings (SSSR count). The number of benzene rings is 1. The molecule has 6 heteroatoms. The minimum absolute atomic E-state index is 0.104. The van der Waals surface area contributed by atoms with E-state index in [0.717, 1.165) is 5.56 Å². The van der Waals surface area contributed by atoms with Gasteiger partial charge in [-0.25, -0.2) is 9.78 Å². The highest BCUT2D eigenvalue weighted by molar-refractivity contribution is 5.57. The summed E-state index contributed by atoms with van der Waals surface area (Å²) >= 11 is 0. The van der Waals surface area contributed by atoms with Gasteiger partial charge in [0.1, 0.15) is 18.8 Å². The fraction of sp³-hybridized carbons (Fsp3) is 0.417. The second-order valence-corrected chi connectivity index (χ2v) is 3.69. The topological polar surface area (TPSA) is 96.2 Å². The van der Waals surface area contributed by atoms with E-state index in [1.54, 1.807) is 12.1 Å². The normalized spacial score (nSPS) is 15.9. The third-order valence-corrected chi connectivity index (χ3v) is 2.30. The molecule has 0 saturated heterocycles. The van der Waals surface area contributed by atoms with Gasteiger partial charge in [0.15, 0.2) is 12.4 Å². The molecule has 0 aliphatic rings. The zero-order valence-corrected chi connectivity index (χ0v) is 9.68. The summed E-state index contributed by atoms with van der Waals surface area (Å²) in [5.41, 5.74) is 0.833. The first-order valence-electron chi connectivity index (χ1n) is 5.43. The Bertz CT molecular complexity index is 342. The first-order chi connectivity index (χ1) is 8.69. The molecule has 0 aliphatic carbocycles. The summed E-state index contributed by atoms with van der Waals surface area (Å²) in [7, 11) is 0. The average Bonchev–Trinajstić information content (AvgIpc) is 2.43. The lowest BCUT2D eigenvalue weighted by atomic mass is 10.1. The van der Waals surface area contributed by atoms with Crippen molar-refractivity contribution in [3.05, 3.63) is 35.9 Å². The number of rotatable bonds is 8. The van der Waals surface area contributed by atoms with Gasteiger partial charge in [-0.3, -0.25) is 0 Å². The van der Waals surface area contributed by atoms with Crippen molar-refractivity contribution in [3.8, 4) is 0 Å². The Morgan fingerprint density at radius 2 is 1.89 bits per heavy atom. The Morgan fingerprint density at radius 1 is 1.22 bits per heavy atom. The summed E-state index contributed by atoms with van der Waals surface area (Å²) in [4.78, 5) is 20.1. The van der Waals surface area contributed by atoms with Crippen LogP contribution < -0.4 is 0 Å². The van der Waals surface area contributed by atoms with Crippen LogP contribution in [0.15, 0.2) is 30.3 Å². The highest BCUT2D eigenvalue weighted by Gasteiger charge is 2.27. The maximum Gasteiger partial charge on any atom is 0.176 e. The van der Waals surface area contributed by atoms with Crippen molar-refractivity contribution in [1.29, 1.82) is 0 Å². The SMILES string of the molecule is O=C[C@H](OOCc1ccccc1)[C@@H](O)[C@H](O)CO. The second kappa shape index (κ2) is 7.91. The third kappa shape index (κ3) is 4.52. The van der Waals surface area contributed by atoms with Gasteiger partial charge in [-0.05, 0) is 5.56 Å². The number of carbonyl (C=O) groups excluding carboxylic acids is 1. The molecule has 0 amide bonds. The molecular formula is C12H16O6. The van der Waals surface area contributed by atoms with Gasteiger partial charge in [-0.1, -0.05) is 30.3 Å². The largest absolute Gasteiger partial charge is 0.394 e. The lowest BCUT2D eigenvalue weighted by Gasteiger charge is -2.20. The molecule has 0 bridgehead atoms. The van der Waals surface area contributed by atoms with Crippen molar-refractivity contribution < 1.29 is 29.9 Å². The minimum atomic E-state index is -1.54. The van der Waals surface area contributed by atoms with Gasteiger partial charge in [0, 0.05) is 0 Å². The van der Waals surface area contributed by atoms with Crippen LogP contribution in [0, 0.1) is 0 Å². The molecule has 3 N–H and O–H groups in total. The Labute approximate surface area is 104 Å². The van der Waals surface area contributed by atoms with Gasteiger partial charge < -0.3 is 20.1 Å². The standard InChI is InChI=1S/C12H16O6/c13-6-10(15)12(16)11(7-14)18-17-8-9-4-2-1-3-5-9/h1-5,7,10-13,15-16H,6,8H2/t10-,11+,12+/m1/s1. The van der Waals surface area contributed by atoms with Crippen LogP contribution in [0.4, 0.5) is 0 Å². The van der Waals surface area contributed by atoms with Gasteiger partial charge in [0.05, 0.1) is 6.61 Å². The maximum absolute atomic E-state index is 10.7. The van der Waals surface area contributed by atoms with E-state index in [-0.39, 0.29) is 6.61 Å². The maximum atomic E-state index is 10.7. The van der Waals surface area contributed by atoms with E-state index in [4.69, 9.17) is 20.0 Å². The molecule has 3 atom stereocenters. The van der Waals surface area contributed by atoms with Crippen LogP contribution in [0.2, 0.25) is 0 Å². The molecule has 0 spiro atoms. The van der Waals surface area contributed by atoms with Gasteiger partial charge in [0.25, 0.3) is 0 Å². The number of carbonyl (C=O) groups is 1. The molecule has 0 unspecified atom stereocenters. The lowest BCUT2D eigenvalue weighted by molar-refractivity contribution is -0.339. The van der Waals surface area contributed by atoms with E-state index >= 15 is 0 Å². The molecule has 1 aromatic carbocycles. The van der Waals surface area contributed by atoms with Crippen LogP contribution in [0.3, 0.4) is 0 Å². The summed E-state index contributed by atoms with van der Waals surface area (Å²) in [5, 5.41) is 27.2. The number of aliphatic hydroxyl groups excluding tert-OH is 3. The average molecular weight is 256 g/mol. The molecule has 18 heavy (non-hydrogen) atoms. The Kier molecular flexibility index (Phi) is 6.48. The number of hydrogen-bond donors (Lipinski definition) is 3. The highest BCUT2D eigenvalue weighted by Crippen LogP contribution is 2.06. The van der Waals surface area contributed by atoms with Crippen molar-refractivity contribution in [2.75, 3.05) is 6.61 Å². The van der Waals surface area contributed by atoms with E-state index in [2.05, 4.69) is 0 Å². The van der Waals surface area contributed by atoms with Crippen molar-refractivity contribution >= 4 is 6.29 Å². The molecular weight excluding hydrogens is 240 g/mol. The van der Waals surface area contributed by atoms with Crippen molar-refractivity contribution in [3.63, 3.8) is 0 Å². The monoisotopic (exact) mass is 256 g/mol. The summed E-state index contributed by atoms with van der Waals surface area (Å²) in [6.07, 6.45) is -4.05. The lowest BCUT2D eigenvalue weighted by Crippen LogP contribution is -2.41. The molecule has 0 fully saturated rings. The first-order valence-corrected chi connectivity index (χ1v) is 5.43. The van der Waals surface area contributed by atoms with E-state index in [1.165, 1.54) is 0 Å². The summed E-state index contributed by atoms with van der Waals surface area (Å²) in [6.45, 7) is -0.569. The van der Waals surface area contributed by atoms with E-state index in [9.17, 15) is 9.90 Å². The van der Waals surface area contributed by atoms with Crippen LogP contribution in [0.1, 0.15) is 5.56 Å². The molecule has 0 saturated carbocycles. The van der Waals surface area contributed by atoms with Crippen LogP contribution in [-0.4, -0.2) is 46.5 Å². The minimum Gasteiger partial charge on any atom is -0.394 e. The van der Waals surface area contributed by atoms with Gasteiger partial charge >= 0.3 is 0 Å². The highest BCUT2D eigenvalue weighted by atomic mass is 17.2. The van der Waals surface area contributed by atoms with Crippen molar-refractivity contribution in [2.24, 2.45) is 0 Å². The van der Waals surface area contributed by atoms with Crippen LogP contribution in [0.25, 0.3) is 0 Å². The fourth-order valence-electron chi connectivity index (χ4n) is 1.24. The third-order valence-electron chi connectivity index (χ3n) is 2.30. The molecule has 0 radical (unpaired) electrons. The summed E-state index contributed by atoms with van der Waals surface area (Å²) < 4.78 is 0. The predicted octanol–water partition coefficient (Wildman–Crippen LogP) is -0.584. The Balaban J connectivity index is 2.38. The number of aldehydes is 1. The number of aliphatic hydroxyl groups is 3. The zero-order chi connectivity index (χ0) is 13.4. The molecule has 6 nitrogen and oxygen atoms in total. The Morgan fingerprint density at radius 3 is 2.44 bits per heavy atom. The molecule has 1 aromatic rings. The summed E-state index contributed by atoms with van der Waals surface area (Å²) in [5.74, 6) is 0. The van der Waals surface area contributed by atoms with Crippen LogP contribution >= 0.6 is 0 Å². The fourth-order valence-corrected chi connectivity index (χ4v) is 1.24. The molecule has 100 valence electrons. The number of hydrogen-bond acceptors (Lipinski definition) is 6. The first kappa shape index (κ1) is 14.7. The molecule has 0 heterocycles. The van der Waals surface area contributed by atoms with Gasteiger partial charge in [-0.15, -0.1) is 0 Å². The van der Waals surface area contributed by atoms with Crippen LogP contribution in [0.5, 0.6) is 0 Å². The Hall–Kier alpha value is -1.31. The molecule has 0 aliphatic heterocycles. The molecule has 0 aromatic heterocycles. The van der Waals surface area contributed by atoms with Crippen molar-refractivity contribution in [2.45, 2.75) is 24.9 Å². The second-order valence-electron chi connectivity index (χ2n) is 3.69. The van der Waals surface area contributed by atoms with E-state index < -0.39 is 24.9 Å². The van der Waals surface area contributed by atoms with Gasteiger partial charge in [0.2, 0.25) is 0 Å². The summed E-state index contributed by atoms with van der Waals surface area (Å²) in [6, 6.07) is 9.09.